The van der Waals surface area contributed by atoms with Crippen molar-refractivity contribution in [2.45, 2.75) is 25.9 Å². The highest BCUT2D eigenvalue weighted by molar-refractivity contribution is 14.0. The highest BCUT2D eigenvalue weighted by Crippen LogP contribution is 2.30. The number of aliphatic imine (C=N–C) groups is 1. The minimum absolute atomic E-state index is 0. The maximum Gasteiger partial charge on any atom is 0.191 e. The normalized spacial score (nSPS) is 13.5. The molecule has 0 saturated heterocycles. The van der Waals surface area contributed by atoms with E-state index < -0.39 is 0 Å². The van der Waals surface area contributed by atoms with Crippen LogP contribution in [-0.4, -0.2) is 33.7 Å². The zero-order valence-electron chi connectivity index (χ0n) is 16.9. The maximum atomic E-state index is 5.99. The van der Waals surface area contributed by atoms with Crippen molar-refractivity contribution in [3.63, 3.8) is 0 Å². The van der Waals surface area contributed by atoms with Gasteiger partial charge >= 0.3 is 0 Å². The number of hydrogen-bond acceptors (Lipinski definition) is 3. The second kappa shape index (κ2) is 11.1. The van der Waals surface area contributed by atoms with Crippen LogP contribution in [0, 0.1) is 5.92 Å². The Labute approximate surface area is 185 Å². The second-order valence-electron chi connectivity index (χ2n) is 7.21. The standard InChI is InChI=1S/C22H30N4O.HI/c1-23-22(24-14-18-7-6-9-20(13-18)26(2)3)25-15-19-8-4-5-10-21(19)27-16-17-11-12-17;/h4-10,13,17H,11-12,14-16H2,1-3H3,(H2,23,24,25);1H. The fourth-order valence-corrected chi connectivity index (χ4v) is 2.81. The van der Waals surface area contributed by atoms with Crippen LogP contribution in [0.3, 0.4) is 0 Å². The molecule has 1 saturated carbocycles. The Morgan fingerprint density at radius 2 is 1.82 bits per heavy atom. The third kappa shape index (κ3) is 6.89. The summed E-state index contributed by atoms with van der Waals surface area (Å²) in [6.45, 7) is 2.23. The van der Waals surface area contributed by atoms with Gasteiger partial charge in [0.15, 0.2) is 5.96 Å². The molecular formula is C22H31IN4O. The number of ether oxygens (including phenoxy) is 1. The molecule has 1 fully saturated rings. The molecule has 0 amide bonds. The molecule has 0 aliphatic heterocycles. The fraction of sp³-hybridized carbons (Fsp3) is 0.409. The predicted octanol–water partition coefficient (Wildman–Crippen LogP) is 4.02. The molecule has 6 heteroatoms. The van der Waals surface area contributed by atoms with E-state index in [9.17, 15) is 0 Å². The number of para-hydroxylation sites is 1. The van der Waals surface area contributed by atoms with Gasteiger partial charge in [0.05, 0.1) is 6.61 Å². The molecule has 0 bridgehead atoms. The lowest BCUT2D eigenvalue weighted by Crippen LogP contribution is -2.36. The molecule has 0 atom stereocenters. The Hall–Kier alpha value is -1.96. The van der Waals surface area contributed by atoms with E-state index in [0.717, 1.165) is 36.3 Å². The molecule has 2 aromatic carbocycles. The van der Waals surface area contributed by atoms with E-state index in [1.807, 2.05) is 18.2 Å². The summed E-state index contributed by atoms with van der Waals surface area (Å²) >= 11 is 0. The molecule has 1 aliphatic rings. The average molecular weight is 494 g/mol. The van der Waals surface area contributed by atoms with E-state index in [1.165, 1.54) is 24.1 Å². The van der Waals surface area contributed by atoms with Gasteiger partial charge in [0.25, 0.3) is 0 Å². The minimum atomic E-state index is 0. The Balaban J connectivity index is 0.00000280. The van der Waals surface area contributed by atoms with E-state index in [1.54, 1.807) is 7.05 Å². The molecule has 0 unspecified atom stereocenters. The molecule has 0 spiro atoms. The van der Waals surface area contributed by atoms with Gasteiger partial charge in [-0.05, 0) is 42.5 Å². The number of nitrogens with one attached hydrogen (secondary N) is 2. The van der Waals surface area contributed by atoms with Crippen molar-refractivity contribution in [3.05, 3.63) is 59.7 Å². The lowest BCUT2D eigenvalue weighted by molar-refractivity contribution is 0.296. The molecule has 0 radical (unpaired) electrons. The predicted molar refractivity (Wildman–Crippen MR) is 128 cm³/mol. The molecule has 0 heterocycles. The lowest BCUT2D eigenvalue weighted by Gasteiger charge is -2.16. The van der Waals surface area contributed by atoms with Gasteiger partial charge in [-0.3, -0.25) is 4.99 Å². The van der Waals surface area contributed by atoms with Crippen LogP contribution in [0.2, 0.25) is 0 Å². The van der Waals surface area contributed by atoms with Gasteiger partial charge < -0.3 is 20.3 Å². The number of hydrogen-bond donors (Lipinski definition) is 2. The van der Waals surface area contributed by atoms with E-state index >= 15 is 0 Å². The third-order valence-corrected chi connectivity index (χ3v) is 4.70. The molecule has 1 aliphatic carbocycles. The van der Waals surface area contributed by atoms with Crippen LogP contribution in [0.1, 0.15) is 24.0 Å². The zero-order chi connectivity index (χ0) is 19.1. The lowest BCUT2D eigenvalue weighted by atomic mass is 10.2. The van der Waals surface area contributed by atoms with Crippen molar-refractivity contribution in [2.24, 2.45) is 10.9 Å². The molecular weight excluding hydrogens is 463 g/mol. The summed E-state index contributed by atoms with van der Waals surface area (Å²) in [5.41, 5.74) is 3.56. The zero-order valence-corrected chi connectivity index (χ0v) is 19.3. The number of nitrogens with zero attached hydrogens (tertiary/aromatic N) is 2. The summed E-state index contributed by atoms with van der Waals surface area (Å²) in [7, 11) is 5.90. The Morgan fingerprint density at radius 3 is 2.54 bits per heavy atom. The van der Waals surface area contributed by atoms with Crippen molar-refractivity contribution >= 4 is 35.6 Å². The van der Waals surface area contributed by atoms with Gasteiger partial charge in [-0.25, -0.2) is 0 Å². The monoisotopic (exact) mass is 494 g/mol. The Morgan fingerprint density at radius 1 is 1.07 bits per heavy atom. The van der Waals surface area contributed by atoms with Gasteiger partial charge in [-0.15, -0.1) is 24.0 Å². The Kier molecular flexibility index (Phi) is 8.89. The van der Waals surface area contributed by atoms with Crippen LogP contribution in [0.15, 0.2) is 53.5 Å². The maximum absolute atomic E-state index is 5.99. The molecule has 3 rings (SSSR count). The molecule has 0 aromatic heterocycles. The van der Waals surface area contributed by atoms with Crippen LogP contribution in [0.4, 0.5) is 5.69 Å². The minimum Gasteiger partial charge on any atom is -0.493 e. The first-order valence-corrected chi connectivity index (χ1v) is 9.57. The topological polar surface area (TPSA) is 48.9 Å². The van der Waals surface area contributed by atoms with Crippen LogP contribution in [-0.2, 0) is 13.1 Å². The summed E-state index contributed by atoms with van der Waals surface area (Å²) in [5.74, 6) is 2.49. The van der Waals surface area contributed by atoms with Crippen molar-refractivity contribution in [2.75, 3.05) is 32.6 Å². The van der Waals surface area contributed by atoms with Crippen LogP contribution in [0.25, 0.3) is 0 Å². The van der Waals surface area contributed by atoms with Crippen LogP contribution in [0.5, 0.6) is 5.75 Å². The molecule has 152 valence electrons. The van der Waals surface area contributed by atoms with Gasteiger partial charge in [-0.1, -0.05) is 30.3 Å². The average Bonchev–Trinajstić information content (AvgIpc) is 3.52. The van der Waals surface area contributed by atoms with Gasteiger partial charge in [0.1, 0.15) is 5.75 Å². The molecule has 28 heavy (non-hydrogen) atoms. The quantitative estimate of drug-likeness (QED) is 0.331. The van der Waals surface area contributed by atoms with Crippen molar-refractivity contribution in [3.8, 4) is 5.75 Å². The number of rotatable bonds is 8. The number of halogens is 1. The molecule has 2 N–H and O–H groups in total. The van der Waals surface area contributed by atoms with E-state index in [2.05, 4.69) is 65.0 Å². The highest BCUT2D eigenvalue weighted by Gasteiger charge is 2.22. The van der Waals surface area contributed by atoms with Gasteiger partial charge in [0, 0.05) is 45.5 Å². The van der Waals surface area contributed by atoms with E-state index in [4.69, 9.17) is 4.74 Å². The van der Waals surface area contributed by atoms with Crippen molar-refractivity contribution < 1.29 is 4.74 Å². The number of guanidine groups is 1. The van der Waals surface area contributed by atoms with Crippen LogP contribution < -0.4 is 20.3 Å². The van der Waals surface area contributed by atoms with Gasteiger partial charge in [0.2, 0.25) is 0 Å². The van der Waals surface area contributed by atoms with Crippen molar-refractivity contribution in [1.82, 2.24) is 10.6 Å². The first-order valence-electron chi connectivity index (χ1n) is 9.57. The second-order valence-corrected chi connectivity index (χ2v) is 7.21. The number of benzene rings is 2. The summed E-state index contributed by atoms with van der Waals surface area (Å²) in [4.78, 5) is 6.44. The first-order chi connectivity index (χ1) is 13.2. The molecule has 2 aromatic rings. The first kappa shape index (κ1) is 22.3. The third-order valence-electron chi connectivity index (χ3n) is 4.70. The van der Waals surface area contributed by atoms with Gasteiger partial charge in [-0.2, -0.15) is 0 Å². The van der Waals surface area contributed by atoms with E-state index in [-0.39, 0.29) is 24.0 Å². The number of anilines is 1. The summed E-state index contributed by atoms with van der Waals surface area (Å²) in [6, 6.07) is 16.7. The van der Waals surface area contributed by atoms with Crippen molar-refractivity contribution in [1.29, 1.82) is 0 Å². The summed E-state index contributed by atoms with van der Waals surface area (Å²) < 4.78 is 5.99. The Bertz CT molecular complexity index is 775. The highest BCUT2D eigenvalue weighted by atomic mass is 127. The largest absolute Gasteiger partial charge is 0.493 e. The fourth-order valence-electron chi connectivity index (χ4n) is 2.81. The smallest absolute Gasteiger partial charge is 0.191 e. The SMILES string of the molecule is CN=C(NCc1cccc(N(C)C)c1)NCc1ccccc1OCC1CC1.I. The van der Waals surface area contributed by atoms with Crippen LogP contribution >= 0.6 is 24.0 Å². The summed E-state index contributed by atoms with van der Waals surface area (Å²) in [5, 5.41) is 6.77. The van der Waals surface area contributed by atoms with E-state index in [0.29, 0.717) is 6.54 Å². The molecule has 5 nitrogen and oxygen atoms in total. The summed E-state index contributed by atoms with van der Waals surface area (Å²) in [6.07, 6.45) is 2.60.